The van der Waals surface area contributed by atoms with Crippen LogP contribution in [0.1, 0.15) is 32.2 Å². The van der Waals surface area contributed by atoms with Crippen molar-refractivity contribution in [1.29, 1.82) is 0 Å². The van der Waals surface area contributed by atoms with Crippen LogP contribution in [0.3, 0.4) is 0 Å². The smallest absolute Gasteiger partial charge is 0.245 e. The second-order valence-corrected chi connectivity index (χ2v) is 6.73. The molecule has 0 radical (unpaired) electrons. The number of imidazole rings is 1. The van der Waals surface area contributed by atoms with Crippen molar-refractivity contribution >= 4 is 16.9 Å². The molecule has 130 valence electrons. The van der Waals surface area contributed by atoms with Gasteiger partial charge in [-0.05, 0) is 44.4 Å². The number of likely N-dealkylation sites (tertiary alicyclic amines) is 1. The molecule has 1 aliphatic rings. The fourth-order valence-corrected chi connectivity index (χ4v) is 3.75. The average Bonchev–Trinajstić information content (AvgIpc) is 3.30. The first-order chi connectivity index (χ1) is 12.2. The molecule has 1 fully saturated rings. The van der Waals surface area contributed by atoms with Crippen LogP contribution < -0.4 is 0 Å². The van der Waals surface area contributed by atoms with Crippen molar-refractivity contribution in [2.24, 2.45) is 0 Å². The van der Waals surface area contributed by atoms with Gasteiger partial charge in [0.2, 0.25) is 5.91 Å². The van der Waals surface area contributed by atoms with Crippen LogP contribution in [-0.2, 0) is 11.3 Å². The Bertz CT molecular complexity index is 854. The average molecular weight is 337 g/mol. The number of hydrogen-bond donors (Lipinski definition) is 0. The van der Waals surface area contributed by atoms with Crippen LogP contribution in [0.5, 0.6) is 0 Å². The number of nitrogens with zero attached hydrogens (tertiary/aromatic N) is 5. The maximum Gasteiger partial charge on any atom is 0.245 e. The molecular formula is C19H23N5O. The summed E-state index contributed by atoms with van der Waals surface area (Å²) >= 11 is 0. The van der Waals surface area contributed by atoms with Gasteiger partial charge in [0.25, 0.3) is 0 Å². The number of rotatable bonds is 4. The van der Waals surface area contributed by atoms with Gasteiger partial charge in [0.05, 0.1) is 29.9 Å². The Morgan fingerprint density at radius 3 is 3.00 bits per heavy atom. The third-order valence-corrected chi connectivity index (χ3v) is 5.12. The Balaban J connectivity index is 1.57. The second-order valence-electron chi connectivity index (χ2n) is 6.73. The van der Waals surface area contributed by atoms with Crippen molar-refractivity contribution < 1.29 is 4.79 Å². The van der Waals surface area contributed by atoms with E-state index in [4.69, 9.17) is 0 Å². The van der Waals surface area contributed by atoms with Gasteiger partial charge in [-0.15, -0.1) is 0 Å². The van der Waals surface area contributed by atoms with E-state index in [1.807, 2.05) is 57.6 Å². The van der Waals surface area contributed by atoms with Crippen molar-refractivity contribution in [2.45, 2.75) is 44.8 Å². The second kappa shape index (κ2) is 6.70. The van der Waals surface area contributed by atoms with Gasteiger partial charge in [0.1, 0.15) is 6.04 Å². The molecule has 0 saturated carbocycles. The first kappa shape index (κ1) is 15.9. The number of piperidine rings is 1. The van der Waals surface area contributed by atoms with Crippen LogP contribution in [0.2, 0.25) is 0 Å². The summed E-state index contributed by atoms with van der Waals surface area (Å²) in [4.78, 5) is 19.7. The number of fused-ring (bicyclic) bond motifs is 1. The highest BCUT2D eigenvalue weighted by molar-refractivity contribution is 5.84. The Labute approximate surface area is 147 Å². The predicted molar refractivity (Wildman–Crippen MR) is 96.0 cm³/mol. The Kier molecular flexibility index (Phi) is 4.26. The van der Waals surface area contributed by atoms with Crippen molar-refractivity contribution in [2.75, 3.05) is 6.54 Å². The first-order valence-electron chi connectivity index (χ1n) is 8.93. The lowest BCUT2D eigenvalue weighted by Crippen LogP contribution is -2.48. The number of hydrogen-bond acceptors (Lipinski definition) is 3. The molecule has 1 saturated heterocycles. The molecule has 6 heteroatoms. The normalized spacial score (nSPS) is 19.2. The molecule has 3 heterocycles. The van der Waals surface area contributed by atoms with E-state index in [2.05, 4.69) is 10.1 Å². The van der Waals surface area contributed by atoms with Gasteiger partial charge < -0.3 is 9.47 Å². The minimum atomic E-state index is -0.259. The standard InChI is InChI=1S/C19H23N5O/c1-15(24-14-20-17-8-2-3-9-18(17)24)19(25)23-12-5-4-7-16(23)13-22-11-6-10-21-22/h2-3,6,8-11,14-16H,4-5,7,12-13H2,1H3/t15-,16-/m0/s1. The topological polar surface area (TPSA) is 56.0 Å². The molecule has 0 unspecified atom stereocenters. The molecule has 6 nitrogen and oxygen atoms in total. The van der Waals surface area contributed by atoms with Gasteiger partial charge >= 0.3 is 0 Å². The van der Waals surface area contributed by atoms with Crippen molar-refractivity contribution in [3.8, 4) is 0 Å². The summed E-state index contributed by atoms with van der Waals surface area (Å²) in [6.07, 6.45) is 8.79. The van der Waals surface area contributed by atoms with E-state index in [9.17, 15) is 4.79 Å². The minimum absolute atomic E-state index is 0.167. The molecule has 0 bridgehead atoms. The highest BCUT2D eigenvalue weighted by Crippen LogP contribution is 2.24. The zero-order valence-corrected chi connectivity index (χ0v) is 14.5. The summed E-state index contributed by atoms with van der Waals surface area (Å²) in [5.41, 5.74) is 1.93. The summed E-state index contributed by atoms with van der Waals surface area (Å²) in [6.45, 7) is 3.55. The van der Waals surface area contributed by atoms with Crippen molar-refractivity contribution in [3.63, 3.8) is 0 Å². The Hall–Kier alpha value is -2.63. The van der Waals surface area contributed by atoms with Crippen molar-refractivity contribution in [3.05, 3.63) is 49.1 Å². The van der Waals surface area contributed by atoms with E-state index in [1.54, 1.807) is 12.5 Å². The number of amides is 1. The number of aromatic nitrogens is 4. The molecule has 0 aliphatic carbocycles. The fraction of sp³-hybridized carbons (Fsp3) is 0.421. The molecule has 2 aromatic heterocycles. The molecule has 1 aromatic carbocycles. The molecule has 1 aliphatic heterocycles. The predicted octanol–water partition coefficient (Wildman–Crippen LogP) is 2.88. The summed E-state index contributed by atoms with van der Waals surface area (Å²) in [5.74, 6) is 0.167. The molecule has 3 aromatic rings. The third-order valence-electron chi connectivity index (χ3n) is 5.12. The van der Waals surface area contributed by atoms with Gasteiger partial charge in [-0.2, -0.15) is 5.10 Å². The molecule has 0 N–H and O–H groups in total. The number of carbonyl (C=O) groups is 1. The molecule has 25 heavy (non-hydrogen) atoms. The minimum Gasteiger partial charge on any atom is -0.336 e. The van der Waals surface area contributed by atoms with Gasteiger partial charge in [0.15, 0.2) is 0 Å². The monoisotopic (exact) mass is 337 g/mol. The maximum atomic E-state index is 13.2. The van der Waals surface area contributed by atoms with Crippen LogP contribution >= 0.6 is 0 Å². The fourth-order valence-electron chi connectivity index (χ4n) is 3.75. The summed E-state index contributed by atoms with van der Waals surface area (Å²) < 4.78 is 3.91. The van der Waals surface area contributed by atoms with Gasteiger partial charge in [-0.25, -0.2) is 4.98 Å². The SMILES string of the molecule is C[C@@H](C(=O)N1CCCC[C@H]1Cn1cccn1)n1cnc2ccccc21. The van der Waals surface area contributed by atoms with Crippen molar-refractivity contribution in [1.82, 2.24) is 24.2 Å². The van der Waals surface area contributed by atoms with E-state index in [0.29, 0.717) is 0 Å². The number of benzene rings is 1. The van der Waals surface area contributed by atoms with Crippen LogP contribution in [-0.4, -0.2) is 42.7 Å². The van der Waals surface area contributed by atoms with Gasteiger partial charge in [0, 0.05) is 18.9 Å². The number of carbonyl (C=O) groups excluding carboxylic acids is 1. The van der Waals surface area contributed by atoms with Crippen LogP contribution in [0.15, 0.2) is 49.1 Å². The van der Waals surface area contributed by atoms with Crippen LogP contribution in [0.4, 0.5) is 0 Å². The summed E-state index contributed by atoms with van der Waals surface area (Å²) in [6, 6.07) is 9.82. The van der Waals surface area contributed by atoms with Crippen LogP contribution in [0, 0.1) is 0 Å². The summed E-state index contributed by atoms with van der Waals surface area (Å²) in [7, 11) is 0. The van der Waals surface area contributed by atoms with E-state index in [-0.39, 0.29) is 18.0 Å². The molecule has 4 rings (SSSR count). The maximum absolute atomic E-state index is 13.2. The lowest BCUT2D eigenvalue weighted by molar-refractivity contribution is -0.138. The zero-order chi connectivity index (χ0) is 17.2. The quantitative estimate of drug-likeness (QED) is 0.735. The number of para-hydroxylation sites is 2. The molecule has 2 atom stereocenters. The highest BCUT2D eigenvalue weighted by Gasteiger charge is 2.31. The Morgan fingerprint density at radius 2 is 2.16 bits per heavy atom. The van der Waals surface area contributed by atoms with Gasteiger partial charge in [-0.3, -0.25) is 9.48 Å². The zero-order valence-electron chi connectivity index (χ0n) is 14.5. The summed E-state index contributed by atoms with van der Waals surface area (Å²) in [5, 5.41) is 4.30. The molecule has 1 amide bonds. The first-order valence-corrected chi connectivity index (χ1v) is 8.93. The van der Waals surface area contributed by atoms with E-state index >= 15 is 0 Å². The van der Waals surface area contributed by atoms with E-state index in [0.717, 1.165) is 43.4 Å². The van der Waals surface area contributed by atoms with Gasteiger partial charge in [-0.1, -0.05) is 12.1 Å². The van der Waals surface area contributed by atoms with E-state index in [1.165, 1.54) is 0 Å². The highest BCUT2D eigenvalue weighted by atomic mass is 16.2. The van der Waals surface area contributed by atoms with E-state index < -0.39 is 0 Å². The largest absolute Gasteiger partial charge is 0.336 e. The molecular weight excluding hydrogens is 314 g/mol. The Morgan fingerprint density at radius 1 is 1.28 bits per heavy atom. The lowest BCUT2D eigenvalue weighted by Gasteiger charge is -2.37. The molecule has 0 spiro atoms. The lowest BCUT2D eigenvalue weighted by atomic mass is 10.0. The third kappa shape index (κ3) is 3.04. The van der Waals surface area contributed by atoms with Crippen LogP contribution in [0.25, 0.3) is 11.0 Å².